The van der Waals surface area contributed by atoms with Gasteiger partial charge < -0.3 is 11.1 Å². The Balaban J connectivity index is 3.25. The summed E-state index contributed by atoms with van der Waals surface area (Å²) in [6.45, 7) is 3.10. The number of nitrogen functional groups attached to an aromatic ring is 1. The van der Waals surface area contributed by atoms with Gasteiger partial charge in [-0.1, -0.05) is 6.92 Å². The third kappa shape index (κ3) is 3.92. The number of amides is 1. The molecular formula is C13H20FN3O3S. The van der Waals surface area contributed by atoms with E-state index < -0.39 is 21.7 Å². The van der Waals surface area contributed by atoms with E-state index in [9.17, 15) is 17.6 Å². The first-order valence-corrected chi connectivity index (χ1v) is 7.94. The van der Waals surface area contributed by atoms with Gasteiger partial charge in [0.05, 0.1) is 11.4 Å². The van der Waals surface area contributed by atoms with E-state index >= 15 is 0 Å². The van der Waals surface area contributed by atoms with Crippen molar-refractivity contribution >= 4 is 21.6 Å². The minimum Gasteiger partial charge on any atom is -0.398 e. The van der Waals surface area contributed by atoms with Gasteiger partial charge in [-0.25, -0.2) is 12.8 Å². The van der Waals surface area contributed by atoms with Gasteiger partial charge in [0.25, 0.3) is 0 Å². The van der Waals surface area contributed by atoms with Crippen LogP contribution in [0.15, 0.2) is 17.0 Å². The van der Waals surface area contributed by atoms with Crippen molar-refractivity contribution in [3.8, 4) is 0 Å². The van der Waals surface area contributed by atoms with Crippen LogP contribution in [-0.4, -0.2) is 38.8 Å². The quantitative estimate of drug-likeness (QED) is 0.761. The van der Waals surface area contributed by atoms with Gasteiger partial charge in [-0.3, -0.25) is 4.79 Å². The lowest BCUT2D eigenvalue weighted by molar-refractivity contribution is -0.120. The highest BCUT2D eigenvalue weighted by atomic mass is 32.2. The predicted molar refractivity (Wildman–Crippen MR) is 78.7 cm³/mol. The number of benzene rings is 1. The number of carbonyl (C=O) groups is 1. The van der Waals surface area contributed by atoms with Crippen LogP contribution >= 0.6 is 0 Å². The van der Waals surface area contributed by atoms with Crippen molar-refractivity contribution in [2.45, 2.75) is 25.2 Å². The molecule has 0 aromatic heterocycles. The first kappa shape index (κ1) is 17.4. The van der Waals surface area contributed by atoms with Gasteiger partial charge in [0.15, 0.2) is 0 Å². The number of anilines is 1. The van der Waals surface area contributed by atoms with E-state index in [1.807, 2.05) is 0 Å². The number of nitrogens with one attached hydrogen (secondary N) is 1. The number of nitrogens with zero attached hydrogens (tertiary/aromatic N) is 1. The number of sulfonamides is 1. The summed E-state index contributed by atoms with van der Waals surface area (Å²) in [5, 5.41) is 2.37. The van der Waals surface area contributed by atoms with Gasteiger partial charge in [-0.2, -0.15) is 4.31 Å². The van der Waals surface area contributed by atoms with Gasteiger partial charge in [0, 0.05) is 24.8 Å². The molecule has 8 heteroatoms. The Morgan fingerprint density at radius 2 is 2.05 bits per heavy atom. The van der Waals surface area contributed by atoms with E-state index in [1.165, 1.54) is 20.0 Å². The van der Waals surface area contributed by atoms with Crippen LogP contribution in [0.25, 0.3) is 0 Å². The second-order valence-corrected chi connectivity index (χ2v) is 6.57. The Kier molecular flexibility index (Phi) is 5.68. The molecule has 0 aliphatic heterocycles. The Morgan fingerprint density at radius 1 is 1.43 bits per heavy atom. The molecule has 0 aliphatic carbocycles. The van der Waals surface area contributed by atoms with Crippen LogP contribution in [-0.2, 0) is 14.8 Å². The number of halogens is 1. The topological polar surface area (TPSA) is 92.5 Å². The van der Waals surface area contributed by atoms with E-state index in [-0.39, 0.29) is 29.2 Å². The van der Waals surface area contributed by atoms with E-state index in [4.69, 9.17) is 5.73 Å². The maximum absolute atomic E-state index is 13.7. The highest BCUT2D eigenvalue weighted by molar-refractivity contribution is 7.89. The molecular weight excluding hydrogens is 297 g/mol. The normalized spacial score (nSPS) is 11.7. The number of rotatable bonds is 6. The van der Waals surface area contributed by atoms with E-state index in [1.54, 1.807) is 6.92 Å². The fraction of sp³-hybridized carbons (Fsp3) is 0.462. The van der Waals surface area contributed by atoms with Crippen LogP contribution in [0.3, 0.4) is 0 Å². The van der Waals surface area contributed by atoms with Gasteiger partial charge in [0.1, 0.15) is 5.82 Å². The number of hydrogen-bond acceptors (Lipinski definition) is 4. The zero-order valence-electron chi connectivity index (χ0n) is 12.3. The fourth-order valence-electron chi connectivity index (χ4n) is 1.75. The second-order valence-electron chi connectivity index (χ2n) is 4.63. The fourth-order valence-corrected chi connectivity index (χ4v) is 3.28. The molecule has 1 aromatic carbocycles. The zero-order valence-corrected chi connectivity index (χ0v) is 13.1. The van der Waals surface area contributed by atoms with Gasteiger partial charge in [-0.05, 0) is 25.5 Å². The van der Waals surface area contributed by atoms with E-state index in [2.05, 4.69) is 5.32 Å². The molecule has 1 aromatic rings. The summed E-state index contributed by atoms with van der Waals surface area (Å²) in [5.41, 5.74) is 5.87. The minimum atomic E-state index is -3.98. The molecule has 0 saturated heterocycles. The molecule has 118 valence electrons. The van der Waals surface area contributed by atoms with E-state index in [0.29, 0.717) is 6.42 Å². The standard InChI is InChI=1S/C13H20FN3O3S/c1-4-5-17(8-13(18)16-3)21(19,20)10-6-11(14)9(2)12(15)7-10/h6-7H,4-5,8,15H2,1-3H3,(H,16,18). The number of hydrogen-bond donors (Lipinski definition) is 2. The third-order valence-electron chi connectivity index (χ3n) is 3.07. The van der Waals surface area contributed by atoms with Crippen molar-refractivity contribution in [1.82, 2.24) is 9.62 Å². The molecule has 0 unspecified atom stereocenters. The molecule has 3 N–H and O–H groups in total. The van der Waals surface area contributed by atoms with E-state index in [0.717, 1.165) is 10.4 Å². The van der Waals surface area contributed by atoms with Crippen LogP contribution in [0, 0.1) is 12.7 Å². The number of likely N-dealkylation sites (N-methyl/N-ethyl adjacent to an activating group) is 1. The lowest BCUT2D eigenvalue weighted by Crippen LogP contribution is -2.40. The highest BCUT2D eigenvalue weighted by Gasteiger charge is 2.27. The summed E-state index contributed by atoms with van der Waals surface area (Å²) in [6.07, 6.45) is 0.528. The number of carbonyl (C=O) groups excluding carboxylic acids is 1. The summed E-state index contributed by atoms with van der Waals surface area (Å²) in [6, 6.07) is 2.13. The maximum atomic E-state index is 13.7. The molecule has 0 atom stereocenters. The molecule has 0 saturated carbocycles. The van der Waals surface area contributed by atoms with Crippen molar-refractivity contribution in [3.05, 3.63) is 23.5 Å². The molecule has 0 spiro atoms. The molecule has 1 amide bonds. The smallest absolute Gasteiger partial charge is 0.243 e. The molecule has 21 heavy (non-hydrogen) atoms. The van der Waals surface area contributed by atoms with Gasteiger partial charge in [0.2, 0.25) is 15.9 Å². The van der Waals surface area contributed by atoms with Crippen molar-refractivity contribution in [3.63, 3.8) is 0 Å². The lowest BCUT2D eigenvalue weighted by atomic mass is 10.2. The second kappa shape index (κ2) is 6.86. The summed E-state index contributed by atoms with van der Waals surface area (Å²) in [7, 11) is -2.56. The Labute approximate surface area is 124 Å². The average Bonchev–Trinajstić information content (AvgIpc) is 2.43. The monoisotopic (exact) mass is 317 g/mol. The molecule has 0 bridgehead atoms. The molecule has 1 rings (SSSR count). The van der Waals surface area contributed by atoms with Crippen LogP contribution in [0.1, 0.15) is 18.9 Å². The van der Waals surface area contributed by atoms with Crippen molar-refractivity contribution in [2.75, 3.05) is 25.9 Å². The summed E-state index contributed by atoms with van der Waals surface area (Å²) >= 11 is 0. The highest BCUT2D eigenvalue weighted by Crippen LogP contribution is 2.23. The predicted octanol–water partition coefficient (Wildman–Crippen LogP) is 0.863. The molecule has 0 radical (unpaired) electrons. The first-order chi connectivity index (χ1) is 9.73. The maximum Gasteiger partial charge on any atom is 0.243 e. The molecule has 0 aliphatic rings. The molecule has 0 fully saturated rings. The third-order valence-corrected chi connectivity index (χ3v) is 4.89. The van der Waals surface area contributed by atoms with Crippen LogP contribution < -0.4 is 11.1 Å². The van der Waals surface area contributed by atoms with Crippen molar-refractivity contribution in [1.29, 1.82) is 0 Å². The number of nitrogens with two attached hydrogens (primary N) is 1. The van der Waals surface area contributed by atoms with Crippen LogP contribution in [0.2, 0.25) is 0 Å². The summed E-state index contributed by atoms with van der Waals surface area (Å²) in [4.78, 5) is 11.2. The Morgan fingerprint density at radius 3 is 2.52 bits per heavy atom. The molecule has 6 nitrogen and oxygen atoms in total. The van der Waals surface area contributed by atoms with Gasteiger partial charge >= 0.3 is 0 Å². The van der Waals surface area contributed by atoms with Crippen LogP contribution in [0.4, 0.5) is 10.1 Å². The minimum absolute atomic E-state index is 0.0602. The van der Waals surface area contributed by atoms with Crippen molar-refractivity contribution < 1.29 is 17.6 Å². The van der Waals surface area contributed by atoms with Crippen LogP contribution in [0.5, 0.6) is 0 Å². The lowest BCUT2D eigenvalue weighted by Gasteiger charge is -2.21. The largest absolute Gasteiger partial charge is 0.398 e. The molecule has 0 heterocycles. The Bertz CT molecular complexity index is 609. The zero-order chi connectivity index (χ0) is 16.2. The average molecular weight is 317 g/mol. The summed E-state index contributed by atoms with van der Waals surface area (Å²) in [5.74, 6) is -1.13. The van der Waals surface area contributed by atoms with Crippen molar-refractivity contribution in [2.24, 2.45) is 0 Å². The first-order valence-electron chi connectivity index (χ1n) is 6.50. The van der Waals surface area contributed by atoms with Gasteiger partial charge in [-0.15, -0.1) is 0 Å². The summed E-state index contributed by atoms with van der Waals surface area (Å²) < 4.78 is 39.7. The SMILES string of the molecule is CCCN(CC(=O)NC)S(=O)(=O)c1cc(N)c(C)c(F)c1. The Hall–Kier alpha value is -1.67.